The summed E-state index contributed by atoms with van der Waals surface area (Å²) in [6, 6.07) is 15.8. The Bertz CT molecular complexity index is 919. The first-order valence-electron chi connectivity index (χ1n) is 12.0. The van der Waals surface area contributed by atoms with E-state index in [1.807, 2.05) is 72.8 Å². The summed E-state index contributed by atoms with van der Waals surface area (Å²) in [5.41, 5.74) is 2.15. The zero-order valence-electron chi connectivity index (χ0n) is 20.6. The molecule has 0 amide bonds. The highest BCUT2D eigenvalue weighted by atomic mass is 16.5. The predicted octanol–water partition coefficient (Wildman–Crippen LogP) is 6.19. The van der Waals surface area contributed by atoms with Crippen LogP contribution in [0.2, 0.25) is 0 Å². The maximum absolute atomic E-state index is 11.0. The van der Waals surface area contributed by atoms with Crippen molar-refractivity contribution < 1.29 is 28.5 Å². The molecule has 0 saturated carbocycles. The summed E-state index contributed by atoms with van der Waals surface area (Å²) in [5.74, 6) is 0.827. The number of hydrogen-bond donors (Lipinski definition) is 0. The van der Waals surface area contributed by atoms with Crippen molar-refractivity contribution in [2.24, 2.45) is 0 Å². The van der Waals surface area contributed by atoms with Gasteiger partial charge in [-0.3, -0.25) is 0 Å². The molecule has 6 nitrogen and oxygen atoms in total. The van der Waals surface area contributed by atoms with E-state index in [2.05, 4.69) is 13.2 Å². The van der Waals surface area contributed by atoms with Crippen LogP contribution in [-0.4, -0.2) is 38.4 Å². The van der Waals surface area contributed by atoms with Gasteiger partial charge in [0.25, 0.3) is 0 Å². The van der Waals surface area contributed by atoms with Gasteiger partial charge in [0.1, 0.15) is 11.5 Å². The molecular formula is C30H34O6. The summed E-state index contributed by atoms with van der Waals surface area (Å²) >= 11 is 0. The van der Waals surface area contributed by atoms with Crippen molar-refractivity contribution in [2.75, 3.05) is 26.4 Å². The van der Waals surface area contributed by atoms with Gasteiger partial charge in [-0.25, -0.2) is 9.59 Å². The second-order valence-electron chi connectivity index (χ2n) is 7.71. The molecule has 36 heavy (non-hydrogen) atoms. The molecule has 2 aromatic carbocycles. The summed E-state index contributed by atoms with van der Waals surface area (Å²) in [6.45, 7) is 8.61. The number of allylic oxidation sites excluding steroid dienone is 2. The molecule has 0 atom stereocenters. The number of benzene rings is 2. The lowest BCUT2D eigenvalue weighted by Gasteiger charge is -2.06. The Morgan fingerprint density at radius 2 is 0.944 bits per heavy atom. The van der Waals surface area contributed by atoms with Crippen LogP contribution in [-0.2, 0) is 19.1 Å². The van der Waals surface area contributed by atoms with Gasteiger partial charge in [-0.1, -0.05) is 61.7 Å². The number of hydrogen-bond acceptors (Lipinski definition) is 6. The first-order valence-corrected chi connectivity index (χ1v) is 12.0. The highest BCUT2D eigenvalue weighted by Crippen LogP contribution is 2.15. The van der Waals surface area contributed by atoms with E-state index in [1.165, 1.54) is 0 Å². The summed E-state index contributed by atoms with van der Waals surface area (Å²) < 4.78 is 21.3. The van der Waals surface area contributed by atoms with Crippen molar-refractivity contribution >= 4 is 24.1 Å². The van der Waals surface area contributed by atoms with E-state index in [9.17, 15) is 9.59 Å². The lowest BCUT2D eigenvalue weighted by molar-refractivity contribution is -0.138. The van der Waals surface area contributed by atoms with E-state index in [4.69, 9.17) is 18.9 Å². The van der Waals surface area contributed by atoms with Gasteiger partial charge < -0.3 is 18.9 Å². The molecule has 0 N–H and O–H groups in total. The molecule has 190 valence electrons. The quantitative estimate of drug-likeness (QED) is 0.114. The van der Waals surface area contributed by atoms with Crippen LogP contribution >= 0.6 is 0 Å². The molecule has 0 aliphatic rings. The van der Waals surface area contributed by atoms with E-state index in [0.29, 0.717) is 26.4 Å². The van der Waals surface area contributed by atoms with Crippen LogP contribution in [0.4, 0.5) is 0 Å². The van der Waals surface area contributed by atoms with Gasteiger partial charge in [0.05, 0.1) is 26.4 Å². The third kappa shape index (κ3) is 12.4. The Balaban J connectivity index is 1.63. The topological polar surface area (TPSA) is 71.1 Å². The number of esters is 2. The van der Waals surface area contributed by atoms with Crippen LogP contribution in [0.25, 0.3) is 12.2 Å². The van der Waals surface area contributed by atoms with Crippen LogP contribution < -0.4 is 9.47 Å². The molecule has 0 aromatic heterocycles. The van der Waals surface area contributed by atoms with E-state index in [-0.39, 0.29) is 0 Å². The molecule has 6 heteroatoms. The Labute approximate surface area is 213 Å². The number of unbranched alkanes of at least 4 members (excludes halogenated alkanes) is 2. The number of rotatable bonds is 17. The van der Waals surface area contributed by atoms with Crippen LogP contribution in [0.3, 0.4) is 0 Å². The van der Waals surface area contributed by atoms with Gasteiger partial charge in [0.2, 0.25) is 0 Å². The van der Waals surface area contributed by atoms with E-state index in [1.54, 1.807) is 0 Å². The van der Waals surface area contributed by atoms with Crippen molar-refractivity contribution in [2.45, 2.75) is 25.7 Å². The lowest BCUT2D eigenvalue weighted by Crippen LogP contribution is -2.04. The molecule has 0 heterocycles. The molecule has 0 aliphatic heterocycles. The third-order valence-corrected chi connectivity index (χ3v) is 4.89. The van der Waals surface area contributed by atoms with Crippen LogP contribution in [0.5, 0.6) is 11.5 Å². The largest absolute Gasteiger partial charge is 0.494 e. The maximum Gasteiger partial charge on any atom is 0.330 e. The standard InChI is InChI=1S/C30H34O6/c1-3-29(31)35-23-9-7-21-33-27-17-13-25(14-18-27)11-5-6-12-26-15-19-28(20-16-26)34-22-8-10-24-36-30(32)4-2/h3-6,11-20H,1-2,7-10,21-24H2. The zero-order valence-corrected chi connectivity index (χ0v) is 20.6. The van der Waals surface area contributed by atoms with Crippen molar-refractivity contribution in [3.05, 3.63) is 97.1 Å². The fraction of sp³-hybridized carbons (Fsp3) is 0.267. The van der Waals surface area contributed by atoms with Crippen LogP contribution in [0, 0.1) is 0 Å². The Kier molecular flexibility index (Phi) is 13.6. The van der Waals surface area contributed by atoms with Gasteiger partial charge in [-0.15, -0.1) is 0 Å². The molecular weight excluding hydrogens is 456 g/mol. The molecule has 0 bridgehead atoms. The molecule has 0 unspecified atom stereocenters. The molecule has 2 rings (SSSR count). The van der Waals surface area contributed by atoms with Gasteiger partial charge in [0, 0.05) is 12.2 Å². The molecule has 2 aromatic rings. The average molecular weight is 491 g/mol. The average Bonchev–Trinajstić information content (AvgIpc) is 2.91. The van der Waals surface area contributed by atoms with Crippen LogP contribution in [0.1, 0.15) is 36.8 Å². The Morgan fingerprint density at radius 1 is 0.583 bits per heavy atom. The second-order valence-corrected chi connectivity index (χ2v) is 7.71. The number of ether oxygens (including phenoxy) is 4. The first kappa shape index (κ1) is 28.2. The SMILES string of the molecule is C=CC(=O)OCCCCOc1ccc(C=CC=Cc2ccc(OCCCCOC(=O)C=C)cc2)cc1. The molecule has 0 radical (unpaired) electrons. The summed E-state index contributed by atoms with van der Waals surface area (Å²) in [6.07, 6.45) is 13.5. The van der Waals surface area contributed by atoms with Gasteiger partial charge >= 0.3 is 11.9 Å². The molecule has 0 fully saturated rings. The van der Waals surface area contributed by atoms with Crippen molar-refractivity contribution in [1.29, 1.82) is 0 Å². The van der Waals surface area contributed by atoms with Gasteiger partial charge in [-0.05, 0) is 61.1 Å². The highest BCUT2D eigenvalue weighted by molar-refractivity contribution is 5.81. The van der Waals surface area contributed by atoms with Crippen molar-refractivity contribution in [1.82, 2.24) is 0 Å². The smallest absolute Gasteiger partial charge is 0.330 e. The number of carbonyl (C=O) groups excluding carboxylic acids is 2. The van der Waals surface area contributed by atoms with Crippen LogP contribution in [0.15, 0.2) is 86.0 Å². The van der Waals surface area contributed by atoms with E-state index in [0.717, 1.165) is 60.5 Å². The monoisotopic (exact) mass is 490 g/mol. The third-order valence-electron chi connectivity index (χ3n) is 4.89. The Hall–Kier alpha value is -4.06. The fourth-order valence-electron chi connectivity index (χ4n) is 2.94. The van der Waals surface area contributed by atoms with E-state index < -0.39 is 11.9 Å². The predicted molar refractivity (Wildman–Crippen MR) is 143 cm³/mol. The molecule has 0 saturated heterocycles. The summed E-state index contributed by atoms with van der Waals surface area (Å²) in [7, 11) is 0. The van der Waals surface area contributed by atoms with Gasteiger partial charge in [-0.2, -0.15) is 0 Å². The lowest BCUT2D eigenvalue weighted by atomic mass is 10.1. The second kappa shape index (κ2) is 17.4. The first-order chi connectivity index (χ1) is 17.6. The highest BCUT2D eigenvalue weighted by Gasteiger charge is 1.98. The maximum atomic E-state index is 11.0. The molecule has 0 aliphatic carbocycles. The fourth-order valence-corrected chi connectivity index (χ4v) is 2.94. The minimum Gasteiger partial charge on any atom is -0.494 e. The van der Waals surface area contributed by atoms with Crippen molar-refractivity contribution in [3.63, 3.8) is 0 Å². The number of carbonyl (C=O) groups is 2. The summed E-state index contributed by atoms with van der Waals surface area (Å²) in [5, 5.41) is 0. The van der Waals surface area contributed by atoms with Crippen molar-refractivity contribution in [3.8, 4) is 11.5 Å². The minimum absolute atomic E-state index is 0.376. The van der Waals surface area contributed by atoms with Gasteiger partial charge in [0.15, 0.2) is 0 Å². The minimum atomic E-state index is -0.396. The summed E-state index contributed by atoms with van der Waals surface area (Å²) in [4.78, 5) is 21.9. The Morgan fingerprint density at radius 3 is 1.31 bits per heavy atom. The molecule has 0 spiro atoms. The van der Waals surface area contributed by atoms with E-state index >= 15 is 0 Å². The normalized spacial score (nSPS) is 10.8. The zero-order chi connectivity index (χ0) is 25.8.